The van der Waals surface area contributed by atoms with Crippen molar-refractivity contribution in [1.29, 1.82) is 5.26 Å². The average molecular weight is 466 g/mol. The van der Waals surface area contributed by atoms with Gasteiger partial charge >= 0.3 is 5.97 Å². The smallest absolute Gasteiger partial charge is 0.335 e. The van der Waals surface area contributed by atoms with Crippen LogP contribution in [0.15, 0.2) is 60.9 Å². The fraction of sp³-hybridized carbons (Fsp3) is 0.185. The van der Waals surface area contributed by atoms with E-state index in [2.05, 4.69) is 38.0 Å². The van der Waals surface area contributed by atoms with Crippen molar-refractivity contribution in [2.24, 2.45) is 0 Å². The number of fused-ring (bicyclic) bond motifs is 2. The summed E-state index contributed by atoms with van der Waals surface area (Å²) in [5.41, 5.74) is 5.07. The predicted octanol–water partition coefficient (Wildman–Crippen LogP) is 5.47. The van der Waals surface area contributed by atoms with Crippen LogP contribution in [0.3, 0.4) is 0 Å². The molecule has 0 radical (unpaired) electrons. The van der Waals surface area contributed by atoms with E-state index in [1.807, 2.05) is 38.1 Å². The van der Waals surface area contributed by atoms with Crippen LogP contribution < -0.4 is 4.74 Å². The number of nitrogens with one attached hydrogen (secondary N) is 1. The van der Waals surface area contributed by atoms with E-state index in [9.17, 15) is 15.2 Å². The Morgan fingerprint density at radius 1 is 1.20 bits per heavy atom. The lowest BCUT2D eigenvalue weighted by molar-refractivity contribution is 0.0697. The Bertz CT molecular complexity index is 1620. The maximum atomic E-state index is 11.5. The van der Waals surface area contributed by atoms with Crippen molar-refractivity contribution in [3.05, 3.63) is 72.2 Å². The van der Waals surface area contributed by atoms with Gasteiger partial charge in [-0.25, -0.2) is 9.78 Å². The summed E-state index contributed by atoms with van der Waals surface area (Å²) in [5, 5.41) is 28.2. The lowest BCUT2D eigenvalue weighted by atomic mass is 9.81. The summed E-state index contributed by atoms with van der Waals surface area (Å²) in [4.78, 5) is 15.7. The summed E-state index contributed by atoms with van der Waals surface area (Å²) < 4.78 is 7.54. The highest BCUT2D eigenvalue weighted by Gasteiger charge is 2.32. The monoisotopic (exact) mass is 465 g/mol. The Labute approximate surface area is 201 Å². The van der Waals surface area contributed by atoms with Crippen molar-refractivity contribution in [1.82, 2.24) is 19.7 Å². The molecule has 0 aliphatic carbocycles. The topological polar surface area (TPSA) is 117 Å². The molecular formula is C27H23N5O3. The fourth-order valence-corrected chi connectivity index (χ4v) is 4.64. The molecule has 3 heterocycles. The minimum absolute atomic E-state index is 0.213. The van der Waals surface area contributed by atoms with Crippen molar-refractivity contribution in [2.45, 2.75) is 25.7 Å². The van der Waals surface area contributed by atoms with Crippen molar-refractivity contribution in [2.75, 3.05) is 7.11 Å². The van der Waals surface area contributed by atoms with Gasteiger partial charge in [0.25, 0.3) is 0 Å². The molecule has 0 unspecified atom stereocenters. The van der Waals surface area contributed by atoms with Gasteiger partial charge in [0.05, 0.1) is 41.7 Å². The zero-order valence-corrected chi connectivity index (χ0v) is 19.5. The van der Waals surface area contributed by atoms with Gasteiger partial charge in [-0.2, -0.15) is 10.4 Å². The standard InChI is InChI=1S/C27H23N5O3/c1-27(2,9-10-28)25-24(16-4-6-17(7-5-16)26(33)34)20-14-21-18(15-30-31-21)12-22(20)32(25)19-8-11-29-23(13-19)35-3/h4-8,11-15H,9H2,1-3H3,(H,30,31)(H,33,34). The van der Waals surface area contributed by atoms with Gasteiger partial charge in [0.2, 0.25) is 5.88 Å². The Balaban J connectivity index is 1.95. The molecule has 174 valence electrons. The van der Waals surface area contributed by atoms with E-state index in [1.165, 1.54) is 0 Å². The number of hydrogen-bond acceptors (Lipinski definition) is 5. The van der Waals surface area contributed by atoms with E-state index < -0.39 is 11.4 Å². The minimum Gasteiger partial charge on any atom is -0.481 e. The van der Waals surface area contributed by atoms with Crippen molar-refractivity contribution in [3.63, 3.8) is 0 Å². The second-order valence-electron chi connectivity index (χ2n) is 9.04. The number of carboxylic acid groups (broad SMARTS) is 1. The fourth-order valence-electron chi connectivity index (χ4n) is 4.64. The van der Waals surface area contributed by atoms with Crippen LogP contribution in [0.5, 0.6) is 5.88 Å². The number of pyridine rings is 1. The zero-order chi connectivity index (χ0) is 24.7. The highest BCUT2D eigenvalue weighted by Crippen LogP contribution is 2.45. The number of aromatic amines is 1. The molecule has 0 atom stereocenters. The summed E-state index contributed by atoms with van der Waals surface area (Å²) in [6.07, 6.45) is 3.75. The first-order valence-corrected chi connectivity index (χ1v) is 11.1. The number of carbonyl (C=O) groups is 1. The largest absolute Gasteiger partial charge is 0.481 e. The molecule has 5 aromatic rings. The van der Waals surface area contributed by atoms with Gasteiger partial charge in [-0.1, -0.05) is 26.0 Å². The third-order valence-electron chi connectivity index (χ3n) is 6.30. The third kappa shape index (κ3) is 3.67. The van der Waals surface area contributed by atoms with Gasteiger partial charge in [-0.15, -0.1) is 0 Å². The average Bonchev–Trinajstić information content (AvgIpc) is 3.44. The molecule has 0 saturated heterocycles. The number of ether oxygens (including phenoxy) is 1. The Morgan fingerprint density at radius 3 is 2.66 bits per heavy atom. The lowest BCUT2D eigenvalue weighted by Crippen LogP contribution is -2.21. The quantitative estimate of drug-likeness (QED) is 0.344. The highest BCUT2D eigenvalue weighted by molar-refractivity contribution is 6.06. The number of benzene rings is 2. The van der Waals surface area contributed by atoms with Crippen molar-refractivity contribution < 1.29 is 14.6 Å². The van der Waals surface area contributed by atoms with Gasteiger partial charge in [-0.3, -0.25) is 5.10 Å². The molecule has 35 heavy (non-hydrogen) atoms. The van der Waals surface area contributed by atoms with Crippen LogP contribution in [0, 0.1) is 11.3 Å². The first-order chi connectivity index (χ1) is 16.8. The number of aromatic nitrogens is 4. The number of hydrogen-bond donors (Lipinski definition) is 2. The molecule has 0 bridgehead atoms. The van der Waals surface area contributed by atoms with Crippen LogP contribution >= 0.6 is 0 Å². The number of H-pyrrole nitrogens is 1. The Morgan fingerprint density at radius 2 is 1.97 bits per heavy atom. The molecule has 8 nitrogen and oxygen atoms in total. The third-order valence-corrected chi connectivity index (χ3v) is 6.30. The Kier molecular flexibility index (Phi) is 5.25. The van der Waals surface area contributed by atoms with E-state index in [0.29, 0.717) is 5.88 Å². The van der Waals surface area contributed by atoms with Gasteiger partial charge < -0.3 is 14.4 Å². The van der Waals surface area contributed by atoms with Crippen molar-refractivity contribution in [3.8, 4) is 28.8 Å². The number of methoxy groups -OCH3 is 1. The molecule has 0 amide bonds. The molecule has 8 heteroatoms. The summed E-state index contributed by atoms with van der Waals surface area (Å²) in [7, 11) is 1.57. The molecule has 2 aromatic carbocycles. The van der Waals surface area contributed by atoms with Gasteiger partial charge in [-0.05, 0) is 35.9 Å². The molecule has 3 aromatic heterocycles. The molecular weight excluding hydrogens is 442 g/mol. The zero-order valence-electron chi connectivity index (χ0n) is 19.5. The van der Waals surface area contributed by atoms with Crippen LogP contribution in [0.1, 0.15) is 36.3 Å². The highest BCUT2D eigenvalue weighted by atomic mass is 16.5. The molecule has 0 saturated carbocycles. The Hall–Kier alpha value is -4.64. The second-order valence-corrected chi connectivity index (χ2v) is 9.04. The second kappa shape index (κ2) is 8.29. The van der Waals surface area contributed by atoms with Crippen LogP contribution in [0.25, 0.3) is 38.6 Å². The molecule has 2 N–H and O–H groups in total. The lowest BCUT2D eigenvalue weighted by Gasteiger charge is -2.26. The number of nitrogens with zero attached hydrogens (tertiary/aromatic N) is 4. The number of rotatable bonds is 6. The summed E-state index contributed by atoms with van der Waals surface area (Å²) in [5.74, 6) is -0.503. The summed E-state index contributed by atoms with van der Waals surface area (Å²) >= 11 is 0. The minimum atomic E-state index is -0.980. The van der Waals surface area contributed by atoms with Gasteiger partial charge in [0, 0.05) is 46.1 Å². The van der Waals surface area contributed by atoms with Crippen LogP contribution in [-0.2, 0) is 5.41 Å². The molecule has 0 aliphatic rings. The SMILES string of the molecule is COc1cc(-n2c(C(C)(C)CC#N)c(-c3ccc(C(=O)O)cc3)c3cc4[nH]ncc4cc32)ccn1. The number of nitriles is 1. The van der Waals surface area contributed by atoms with E-state index in [1.54, 1.807) is 31.6 Å². The van der Waals surface area contributed by atoms with Crippen LogP contribution in [0.4, 0.5) is 0 Å². The molecule has 0 spiro atoms. The van der Waals surface area contributed by atoms with Crippen molar-refractivity contribution >= 4 is 27.8 Å². The van der Waals surface area contributed by atoms with E-state index >= 15 is 0 Å². The van der Waals surface area contributed by atoms with E-state index in [0.717, 1.165) is 44.3 Å². The summed E-state index contributed by atoms with van der Waals surface area (Å²) in [6.45, 7) is 4.09. The first kappa shape index (κ1) is 22.2. The number of carboxylic acids is 1. The normalized spacial score (nSPS) is 11.6. The van der Waals surface area contributed by atoms with Gasteiger partial charge in [0.15, 0.2) is 0 Å². The van der Waals surface area contributed by atoms with E-state index in [-0.39, 0.29) is 12.0 Å². The van der Waals surface area contributed by atoms with E-state index in [4.69, 9.17) is 4.74 Å². The van der Waals surface area contributed by atoms with Gasteiger partial charge in [0.1, 0.15) is 0 Å². The predicted molar refractivity (Wildman–Crippen MR) is 133 cm³/mol. The molecule has 0 fully saturated rings. The van der Waals surface area contributed by atoms with Crippen LogP contribution in [-0.4, -0.2) is 37.9 Å². The summed E-state index contributed by atoms with van der Waals surface area (Å²) in [6, 6.07) is 17.1. The van der Waals surface area contributed by atoms with Crippen LogP contribution in [0.2, 0.25) is 0 Å². The maximum absolute atomic E-state index is 11.5. The number of aromatic carboxylic acids is 1. The first-order valence-electron chi connectivity index (χ1n) is 11.1. The molecule has 5 rings (SSSR count). The maximum Gasteiger partial charge on any atom is 0.335 e. The molecule has 0 aliphatic heterocycles.